The predicted octanol–water partition coefficient (Wildman–Crippen LogP) is 10.7. The Labute approximate surface area is 287 Å². The summed E-state index contributed by atoms with van der Waals surface area (Å²) in [6, 6.07) is 55.6. The summed E-state index contributed by atoms with van der Waals surface area (Å²) in [5.74, 6) is 0. The molecule has 0 atom stereocenters. The van der Waals surface area contributed by atoms with Crippen molar-refractivity contribution in [1.82, 2.24) is 0 Å². The first kappa shape index (κ1) is 31.6. The van der Waals surface area contributed by atoms with Crippen LogP contribution in [-0.2, 0) is 20.8 Å². The van der Waals surface area contributed by atoms with Crippen LogP contribution in [0.4, 0.5) is 0 Å². The van der Waals surface area contributed by atoms with Crippen molar-refractivity contribution < 1.29 is 20.8 Å². The second kappa shape index (κ2) is 14.8. The summed E-state index contributed by atoms with van der Waals surface area (Å²) in [5.41, 5.74) is 13.0. The van der Waals surface area contributed by atoms with E-state index in [-0.39, 0.29) is 0 Å². The van der Waals surface area contributed by atoms with Gasteiger partial charge in [0.05, 0.1) is 9.52 Å². The third-order valence-corrected chi connectivity index (χ3v) is 9.29. The first-order valence-electron chi connectivity index (χ1n) is 14.8. The van der Waals surface area contributed by atoms with Gasteiger partial charge in [0.1, 0.15) is 0 Å². The summed E-state index contributed by atoms with van der Waals surface area (Å²) < 4.78 is 0. The monoisotopic (exact) mass is 710 g/mol. The Kier molecular flexibility index (Phi) is 10.4. The molecule has 216 valence electrons. The van der Waals surface area contributed by atoms with Crippen LogP contribution in [0, 0.1) is 19.9 Å². The van der Waals surface area contributed by atoms with Gasteiger partial charge in [0.2, 0.25) is 0 Å². The average molecular weight is 713 g/mol. The van der Waals surface area contributed by atoms with E-state index in [2.05, 4.69) is 159 Å². The SMILES string of the molecule is Cc1cc(C)cc(-c2c(-c3ccccc3)ccc3[cH-]c(-c4ccccc4)cc23)c1.[Cl][Zr+2][Cl].[c-]1cccc2c1[Si]c1ccccc1-2. The summed E-state index contributed by atoms with van der Waals surface area (Å²) in [5, 5.41) is 5.43. The zero-order valence-electron chi connectivity index (χ0n) is 25.1. The van der Waals surface area contributed by atoms with Crippen molar-refractivity contribution in [2.45, 2.75) is 13.8 Å². The molecule has 7 aromatic rings. The molecule has 0 saturated carbocycles. The van der Waals surface area contributed by atoms with Crippen LogP contribution in [0.5, 0.6) is 0 Å². The van der Waals surface area contributed by atoms with E-state index < -0.39 is 20.8 Å². The molecule has 1 aliphatic rings. The standard InChI is InChI=1S/C29H23.C12H7Si.2ClH.Zr/c1-20-15-21(2)17-26(16-20)29-27(23-11-7-4-8-12-23)14-13-24-18-25(19-28(24)29)22-9-5-3-6-10-22;1-3-7-11-9(5-1)10-6-2-4-8-12(10)13-11;;;/h3-19H,1-2H3;1-7H;2*1H;/q2*-1;;;+4/p-2. The molecule has 0 bridgehead atoms. The van der Waals surface area contributed by atoms with Gasteiger partial charge in [-0.15, -0.1) is 40.1 Å². The van der Waals surface area contributed by atoms with Crippen LogP contribution in [0.15, 0.2) is 146 Å². The maximum atomic E-state index is 4.93. The second-order valence-corrected chi connectivity index (χ2v) is 16.1. The fraction of sp³-hybridized carbons (Fsp3) is 0.0488. The van der Waals surface area contributed by atoms with Crippen molar-refractivity contribution in [2.24, 2.45) is 0 Å². The van der Waals surface area contributed by atoms with Gasteiger partial charge < -0.3 is 0 Å². The molecule has 7 aromatic carbocycles. The Morgan fingerprint density at radius 2 is 1.22 bits per heavy atom. The molecule has 45 heavy (non-hydrogen) atoms. The molecule has 1 aliphatic heterocycles. The van der Waals surface area contributed by atoms with Gasteiger partial charge in [-0.1, -0.05) is 137 Å². The third-order valence-electron chi connectivity index (χ3n) is 7.93. The molecule has 1 heterocycles. The molecule has 0 unspecified atom stereocenters. The predicted molar refractivity (Wildman–Crippen MR) is 193 cm³/mol. The third kappa shape index (κ3) is 7.21. The topological polar surface area (TPSA) is 0 Å². The molecular formula is C41H30Cl2SiZr. The molecular weight excluding hydrogens is 683 g/mol. The smallest absolute Gasteiger partial charge is 0.0920 e. The summed E-state index contributed by atoms with van der Waals surface area (Å²) >= 11 is -0.826. The van der Waals surface area contributed by atoms with Crippen LogP contribution >= 0.6 is 17.0 Å². The molecule has 0 N–H and O–H groups in total. The maximum Gasteiger partial charge on any atom is 0.0920 e. The van der Waals surface area contributed by atoms with Gasteiger partial charge in [0.15, 0.2) is 0 Å². The largest absolute Gasteiger partial charge is 0.184 e. The van der Waals surface area contributed by atoms with Crippen molar-refractivity contribution in [3.63, 3.8) is 0 Å². The zero-order chi connectivity index (χ0) is 31.2. The van der Waals surface area contributed by atoms with Gasteiger partial charge in [-0.2, -0.15) is 29.5 Å². The normalized spacial score (nSPS) is 10.9. The van der Waals surface area contributed by atoms with Crippen molar-refractivity contribution in [1.29, 1.82) is 0 Å². The van der Waals surface area contributed by atoms with Crippen LogP contribution in [0.25, 0.3) is 55.3 Å². The second-order valence-electron chi connectivity index (χ2n) is 11.0. The van der Waals surface area contributed by atoms with Crippen LogP contribution < -0.4 is 10.4 Å². The van der Waals surface area contributed by atoms with Crippen LogP contribution in [-0.4, -0.2) is 9.52 Å². The number of hydrogen-bond acceptors (Lipinski definition) is 0. The molecule has 0 aromatic heterocycles. The van der Waals surface area contributed by atoms with Crippen LogP contribution in [0.2, 0.25) is 0 Å². The summed E-state index contributed by atoms with van der Waals surface area (Å²) in [6.45, 7) is 4.36. The molecule has 0 fully saturated rings. The summed E-state index contributed by atoms with van der Waals surface area (Å²) in [7, 11) is 10.7. The quantitative estimate of drug-likeness (QED) is 0.126. The van der Waals surface area contributed by atoms with Gasteiger partial charge >= 0.3 is 37.9 Å². The molecule has 0 aliphatic carbocycles. The van der Waals surface area contributed by atoms with Crippen molar-refractivity contribution >= 4 is 47.7 Å². The van der Waals surface area contributed by atoms with Crippen LogP contribution in [0.3, 0.4) is 0 Å². The van der Waals surface area contributed by atoms with Gasteiger partial charge in [-0.25, -0.2) is 0 Å². The Morgan fingerprint density at radius 1 is 0.600 bits per heavy atom. The number of hydrogen-bond donors (Lipinski definition) is 0. The van der Waals surface area contributed by atoms with Crippen LogP contribution in [0.1, 0.15) is 11.1 Å². The van der Waals surface area contributed by atoms with Gasteiger partial charge in [-0.3, -0.25) is 0 Å². The van der Waals surface area contributed by atoms with Gasteiger partial charge in [0, 0.05) is 0 Å². The van der Waals surface area contributed by atoms with E-state index in [1.54, 1.807) is 0 Å². The van der Waals surface area contributed by atoms with E-state index >= 15 is 0 Å². The minimum Gasteiger partial charge on any atom is -0.184 e. The summed E-state index contributed by atoms with van der Waals surface area (Å²) in [6.07, 6.45) is 0. The van der Waals surface area contributed by atoms with E-state index in [1.165, 1.54) is 76.8 Å². The van der Waals surface area contributed by atoms with E-state index in [1.807, 2.05) is 6.07 Å². The van der Waals surface area contributed by atoms with Crippen molar-refractivity contribution in [3.8, 4) is 44.5 Å². The molecule has 4 heteroatoms. The molecule has 0 amide bonds. The van der Waals surface area contributed by atoms with E-state index in [0.29, 0.717) is 0 Å². The Hall–Kier alpha value is -3.39. The van der Waals surface area contributed by atoms with Crippen molar-refractivity contribution in [2.75, 3.05) is 0 Å². The number of rotatable bonds is 3. The zero-order valence-corrected chi connectivity index (χ0v) is 30.1. The van der Waals surface area contributed by atoms with Gasteiger partial charge in [-0.05, 0) is 36.1 Å². The Bertz CT molecular complexity index is 1980. The average Bonchev–Trinajstić information content (AvgIpc) is 3.67. The van der Waals surface area contributed by atoms with E-state index in [9.17, 15) is 0 Å². The molecule has 2 radical (unpaired) electrons. The van der Waals surface area contributed by atoms with E-state index in [0.717, 1.165) is 9.52 Å². The molecule has 0 nitrogen and oxygen atoms in total. The minimum atomic E-state index is -0.826. The van der Waals surface area contributed by atoms with Crippen molar-refractivity contribution in [3.05, 3.63) is 163 Å². The maximum absolute atomic E-state index is 4.93. The number of aryl methyl sites for hydroxylation is 2. The Morgan fingerprint density at radius 3 is 1.93 bits per heavy atom. The molecule has 8 rings (SSSR count). The number of halogens is 2. The number of benzene rings is 6. The fourth-order valence-corrected chi connectivity index (χ4v) is 7.40. The molecule has 0 saturated heterocycles. The van der Waals surface area contributed by atoms with E-state index in [4.69, 9.17) is 17.0 Å². The Balaban J connectivity index is 0.000000184. The minimum absolute atomic E-state index is 0.795. The number of fused-ring (bicyclic) bond motifs is 4. The molecule has 0 spiro atoms. The van der Waals surface area contributed by atoms with Gasteiger partial charge in [0.25, 0.3) is 0 Å². The first-order valence-corrected chi connectivity index (χ1v) is 22.1. The summed E-state index contributed by atoms with van der Waals surface area (Å²) in [4.78, 5) is 0. The first-order chi connectivity index (χ1) is 22.1. The fourth-order valence-electron chi connectivity index (χ4n) is 6.09.